The lowest BCUT2D eigenvalue weighted by molar-refractivity contribution is 1.03. The highest BCUT2D eigenvalue weighted by Crippen LogP contribution is 1.68. The first-order valence-electron chi connectivity index (χ1n) is 4.72. The summed E-state index contributed by atoms with van der Waals surface area (Å²) in [4.78, 5) is 0. The molecule has 12 heavy (non-hydrogen) atoms. The van der Waals surface area contributed by atoms with Crippen LogP contribution in [0.2, 0.25) is 0 Å². The van der Waals surface area contributed by atoms with Crippen molar-refractivity contribution in [2.45, 2.75) is 41.5 Å². The summed E-state index contributed by atoms with van der Waals surface area (Å²) >= 11 is 0. The fourth-order valence-corrected chi connectivity index (χ4v) is 0.253. The van der Waals surface area contributed by atoms with Crippen LogP contribution in [0.5, 0.6) is 0 Å². The zero-order chi connectivity index (χ0) is 10.2. The number of hydrogen-bond donors (Lipinski definition) is 0. The van der Waals surface area contributed by atoms with Crippen molar-refractivity contribution in [1.29, 1.82) is 0 Å². The fraction of sp³-hybridized carbons (Fsp3) is 0.600. The average molecular weight is 170 g/mol. The van der Waals surface area contributed by atoms with E-state index in [-0.39, 0.29) is 0 Å². The number of nitrogens with zero attached hydrogens (tertiary/aromatic N) is 2. The van der Waals surface area contributed by atoms with E-state index in [0.29, 0.717) is 0 Å². The Hall–Kier alpha value is -0.920. The first-order valence-corrected chi connectivity index (χ1v) is 4.72. The van der Waals surface area contributed by atoms with Gasteiger partial charge in [0.15, 0.2) is 0 Å². The Morgan fingerprint density at radius 3 is 0.917 bits per heavy atom. The topological polar surface area (TPSA) is 25.8 Å². The molecule has 0 saturated heterocycles. The molecule has 0 spiro atoms. The zero-order valence-corrected chi connectivity index (χ0v) is 9.20. The predicted molar refractivity (Wildman–Crippen MR) is 56.1 cm³/mol. The molecule has 2 heteroatoms. The molecule has 2 nitrogen and oxygen atoms in total. The Labute approximate surface area is 77.0 Å². The van der Waals surface area contributed by atoms with Crippen LogP contribution in [-0.2, 0) is 0 Å². The van der Waals surface area contributed by atoms with E-state index in [0.717, 1.165) is 0 Å². The molecule has 1 aromatic rings. The average Bonchev–Trinajstić information content (AvgIpc) is 2.29. The molecule has 1 rings (SSSR count). The molecular formula is C10H22N2. The number of rotatable bonds is 0. The second-order valence-corrected chi connectivity index (χ2v) is 0.914. The summed E-state index contributed by atoms with van der Waals surface area (Å²) in [6, 6.07) is 3.65. The molecule has 0 unspecified atom stereocenters. The monoisotopic (exact) mass is 170 g/mol. The summed E-state index contributed by atoms with van der Waals surface area (Å²) in [5.41, 5.74) is 0. The van der Waals surface area contributed by atoms with Gasteiger partial charge in [-0.05, 0) is 12.1 Å². The van der Waals surface area contributed by atoms with E-state index in [9.17, 15) is 0 Å². The van der Waals surface area contributed by atoms with Crippen LogP contribution in [0.4, 0.5) is 0 Å². The molecule has 0 bridgehead atoms. The van der Waals surface area contributed by atoms with Gasteiger partial charge in [-0.3, -0.25) is 0 Å². The van der Waals surface area contributed by atoms with Gasteiger partial charge in [0, 0.05) is 12.4 Å². The third-order valence-corrected chi connectivity index (χ3v) is 0.483. The molecule has 1 aromatic heterocycles. The standard InChI is InChI=1S/C4H4N2.3C2H6/c1-2-4-6-5-3-1;3*1-2/h1-4H;3*1-2H3. The SMILES string of the molecule is CC.CC.CC.c1ccnnc1. The molecule has 1 heterocycles. The summed E-state index contributed by atoms with van der Waals surface area (Å²) in [5, 5.41) is 7.07. The van der Waals surface area contributed by atoms with Crippen LogP contribution < -0.4 is 0 Å². The second-order valence-electron chi connectivity index (χ2n) is 0.914. The van der Waals surface area contributed by atoms with Gasteiger partial charge < -0.3 is 0 Å². The van der Waals surface area contributed by atoms with E-state index in [1.165, 1.54) is 0 Å². The van der Waals surface area contributed by atoms with Crippen molar-refractivity contribution in [3.05, 3.63) is 24.5 Å². The Kier molecular flexibility index (Phi) is 46.3. The summed E-state index contributed by atoms with van der Waals surface area (Å²) < 4.78 is 0. The molecule has 0 aliphatic heterocycles. The van der Waals surface area contributed by atoms with Gasteiger partial charge in [-0.25, -0.2) is 0 Å². The molecule has 0 radical (unpaired) electrons. The molecule has 0 saturated carbocycles. The maximum Gasteiger partial charge on any atom is 0.0496 e. The zero-order valence-electron chi connectivity index (χ0n) is 9.20. The van der Waals surface area contributed by atoms with Gasteiger partial charge in [0.05, 0.1) is 0 Å². The van der Waals surface area contributed by atoms with Crippen LogP contribution in [0.1, 0.15) is 41.5 Å². The van der Waals surface area contributed by atoms with Gasteiger partial charge in [-0.1, -0.05) is 41.5 Å². The van der Waals surface area contributed by atoms with Crippen LogP contribution >= 0.6 is 0 Å². The lowest BCUT2D eigenvalue weighted by Crippen LogP contribution is -1.69. The van der Waals surface area contributed by atoms with Gasteiger partial charge in [0.25, 0.3) is 0 Å². The van der Waals surface area contributed by atoms with Crippen LogP contribution in [0, 0.1) is 0 Å². The van der Waals surface area contributed by atoms with E-state index in [1.54, 1.807) is 12.4 Å². The van der Waals surface area contributed by atoms with Crippen LogP contribution in [0.15, 0.2) is 24.5 Å². The summed E-state index contributed by atoms with van der Waals surface area (Å²) in [6.45, 7) is 12.0. The Balaban J connectivity index is -0.000000117. The predicted octanol–water partition coefficient (Wildman–Crippen LogP) is 3.56. The highest BCUT2D eigenvalue weighted by molar-refractivity contribution is 4.79. The van der Waals surface area contributed by atoms with Gasteiger partial charge in [-0.2, -0.15) is 10.2 Å². The number of aromatic nitrogens is 2. The van der Waals surface area contributed by atoms with Gasteiger partial charge in [0.2, 0.25) is 0 Å². The van der Waals surface area contributed by atoms with E-state index in [1.807, 2.05) is 53.7 Å². The molecule has 0 fully saturated rings. The summed E-state index contributed by atoms with van der Waals surface area (Å²) in [5.74, 6) is 0. The fourth-order valence-electron chi connectivity index (χ4n) is 0.253. The largest absolute Gasteiger partial charge is 0.159 e. The minimum absolute atomic E-state index is 1.64. The van der Waals surface area contributed by atoms with E-state index < -0.39 is 0 Å². The quantitative estimate of drug-likeness (QED) is 0.595. The van der Waals surface area contributed by atoms with Crippen molar-refractivity contribution < 1.29 is 0 Å². The minimum atomic E-state index is 1.64. The molecule has 0 aliphatic carbocycles. The second kappa shape index (κ2) is 32.2. The molecule has 0 aromatic carbocycles. The van der Waals surface area contributed by atoms with E-state index in [2.05, 4.69) is 10.2 Å². The Morgan fingerprint density at radius 1 is 0.583 bits per heavy atom. The van der Waals surface area contributed by atoms with E-state index >= 15 is 0 Å². The molecule has 0 amide bonds. The molecular weight excluding hydrogens is 148 g/mol. The van der Waals surface area contributed by atoms with Gasteiger partial charge in [-0.15, -0.1) is 0 Å². The lowest BCUT2D eigenvalue weighted by Gasteiger charge is -1.69. The van der Waals surface area contributed by atoms with Crippen molar-refractivity contribution >= 4 is 0 Å². The number of hydrogen-bond acceptors (Lipinski definition) is 2. The molecule has 0 N–H and O–H groups in total. The minimum Gasteiger partial charge on any atom is -0.159 e. The molecule has 0 aliphatic rings. The molecule has 72 valence electrons. The van der Waals surface area contributed by atoms with Crippen LogP contribution in [-0.4, -0.2) is 10.2 Å². The van der Waals surface area contributed by atoms with Gasteiger partial charge in [0.1, 0.15) is 0 Å². The van der Waals surface area contributed by atoms with Crippen molar-refractivity contribution in [2.75, 3.05) is 0 Å². The Bertz CT molecular complexity index is 79.8. The first-order chi connectivity index (χ1) is 6.00. The van der Waals surface area contributed by atoms with Crippen LogP contribution in [0.25, 0.3) is 0 Å². The van der Waals surface area contributed by atoms with Crippen molar-refractivity contribution in [2.24, 2.45) is 0 Å². The highest BCUT2D eigenvalue weighted by Gasteiger charge is 1.59. The summed E-state index contributed by atoms with van der Waals surface area (Å²) in [7, 11) is 0. The summed E-state index contributed by atoms with van der Waals surface area (Å²) in [6.07, 6.45) is 3.28. The normalized spacial score (nSPS) is 5.50. The van der Waals surface area contributed by atoms with Crippen molar-refractivity contribution in [1.82, 2.24) is 10.2 Å². The molecule has 0 atom stereocenters. The van der Waals surface area contributed by atoms with Crippen molar-refractivity contribution in [3.8, 4) is 0 Å². The maximum atomic E-state index is 3.53. The van der Waals surface area contributed by atoms with Crippen molar-refractivity contribution in [3.63, 3.8) is 0 Å². The van der Waals surface area contributed by atoms with Crippen LogP contribution in [0.3, 0.4) is 0 Å². The Morgan fingerprint density at radius 2 is 0.833 bits per heavy atom. The first kappa shape index (κ1) is 17.2. The lowest BCUT2D eigenvalue weighted by atomic mass is 10.6. The third kappa shape index (κ3) is 23.0. The third-order valence-electron chi connectivity index (χ3n) is 0.483. The van der Waals surface area contributed by atoms with E-state index in [4.69, 9.17) is 0 Å². The maximum absolute atomic E-state index is 3.53. The highest BCUT2D eigenvalue weighted by atomic mass is 15.1. The smallest absolute Gasteiger partial charge is 0.0496 e. The van der Waals surface area contributed by atoms with Gasteiger partial charge >= 0.3 is 0 Å².